The highest BCUT2D eigenvalue weighted by atomic mass is 32.2. The fraction of sp³-hybridized carbons (Fsp3) is 0.200. The van der Waals surface area contributed by atoms with E-state index in [-0.39, 0.29) is 4.90 Å². The van der Waals surface area contributed by atoms with Crippen LogP contribution in [0.15, 0.2) is 46.2 Å². The molecule has 0 spiro atoms. The van der Waals surface area contributed by atoms with Gasteiger partial charge in [0.1, 0.15) is 0 Å². The average Bonchev–Trinajstić information content (AvgIpc) is 2.43. The maximum absolute atomic E-state index is 12.5. The highest BCUT2D eigenvalue weighted by Gasteiger charge is 2.18. The summed E-state index contributed by atoms with van der Waals surface area (Å²) in [5.74, 6) is 0. The summed E-state index contributed by atoms with van der Waals surface area (Å²) >= 11 is 1.60. The highest BCUT2D eigenvalue weighted by molar-refractivity contribution is 7.98. The van der Waals surface area contributed by atoms with Gasteiger partial charge in [-0.15, -0.1) is 11.8 Å². The number of aryl methyl sites for hydroxylation is 1. The van der Waals surface area contributed by atoms with Crippen molar-refractivity contribution in [3.05, 3.63) is 47.5 Å². The lowest BCUT2D eigenvalue weighted by molar-refractivity contribution is 0.600. The van der Waals surface area contributed by atoms with Crippen LogP contribution >= 0.6 is 11.8 Å². The van der Waals surface area contributed by atoms with Gasteiger partial charge < -0.3 is 5.73 Å². The number of nitrogens with two attached hydrogens (primary N) is 1. The number of benzene rings is 2. The van der Waals surface area contributed by atoms with Crippen molar-refractivity contribution in [2.45, 2.75) is 23.6 Å². The van der Waals surface area contributed by atoms with Gasteiger partial charge in [0.2, 0.25) is 0 Å². The van der Waals surface area contributed by atoms with Crippen LogP contribution in [-0.2, 0) is 10.0 Å². The molecule has 0 unspecified atom stereocenters. The lowest BCUT2D eigenvalue weighted by Gasteiger charge is -2.13. The smallest absolute Gasteiger partial charge is 0.262 e. The molecule has 0 radical (unpaired) electrons. The monoisotopic (exact) mass is 322 g/mol. The fourth-order valence-corrected chi connectivity index (χ4v) is 3.82. The molecular formula is C15H18N2O2S2. The lowest BCUT2D eigenvalue weighted by atomic mass is 10.1. The summed E-state index contributed by atoms with van der Waals surface area (Å²) in [5, 5.41) is 0. The molecule has 4 nitrogen and oxygen atoms in total. The maximum atomic E-state index is 12.5. The van der Waals surface area contributed by atoms with Crippen molar-refractivity contribution in [2.75, 3.05) is 16.7 Å². The first kappa shape index (κ1) is 15.7. The van der Waals surface area contributed by atoms with E-state index in [4.69, 9.17) is 5.73 Å². The Morgan fingerprint density at radius 3 is 2.29 bits per heavy atom. The molecule has 2 aromatic rings. The van der Waals surface area contributed by atoms with Crippen molar-refractivity contribution in [3.63, 3.8) is 0 Å². The Bertz CT molecular complexity index is 754. The van der Waals surface area contributed by atoms with E-state index in [1.54, 1.807) is 36.9 Å². The molecule has 2 rings (SSSR count). The third kappa shape index (κ3) is 3.51. The van der Waals surface area contributed by atoms with Crippen LogP contribution in [-0.4, -0.2) is 14.7 Å². The van der Waals surface area contributed by atoms with Gasteiger partial charge in [-0.05, 0) is 67.6 Å². The molecule has 0 heterocycles. The number of hydrogen-bond donors (Lipinski definition) is 2. The van der Waals surface area contributed by atoms with Crippen LogP contribution < -0.4 is 10.5 Å². The fourth-order valence-electron chi connectivity index (χ4n) is 2.00. The third-order valence-electron chi connectivity index (χ3n) is 3.27. The van der Waals surface area contributed by atoms with E-state index in [0.29, 0.717) is 16.9 Å². The van der Waals surface area contributed by atoms with E-state index in [1.807, 2.05) is 25.3 Å². The predicted octanol–water partition coefficient (Wildman–Crippen LogP) is 3.41. The topological polar surface area (TPSA) is 72.2 Å². The van der Waals surface area contributed by atoms with Gasteiger partial charge in [-0.3, -0.25) is 4.72 Å². The largest absolute Gasteiger partial charge is 0.399 e. The van der Waals surface area contributed by atoms with Crippen LogP contribution in [0.5, 0.6) is 0 Å². The van der Waals surface area contributed by atoms with Gasteiger partial charge in [0, 0.05) is 16.3 Å². The Kier molecular flexibility index (Phi) is 4.49. The SMILES string of the molecule is CSc1ccc(NS(=O)(=O)c2cc(N)cc(C)c2C)cc1. The van der Waals surface area contributed by atoms with E-state index in [9.17, 15) is 8.42 Å². The van der Waals surface area contributed by atoms with E-state index in [2.05, 4.69) is 4.72 Å². The Balaban J connectivity index is 2.38. The van der Waals surface area contributed by atoms with Gasteiger partial charge in [0.15, 0.2) is 0 Å². The number of anilines is 2. The molecule has 0 fully saturated rings. The van der Waals surface area contributed by atoms with Gasteiger partial charge in [-0.25, -0.2) is 8.42 Å². The van der Waals surface area contributed by atoms with Gasteiger partial charge in [0.25, 0.3) is 10.0 Å². The number of sulfonamides is 1. The molecule has 0 saturated heterocycles. The molecule has 0 aliphatic rings. The number of nitrogens with one attached hydrogen (secondary N) is 1. The first-order chi connectivity index (χ1) is 9.83. The summed E-state index contributed by atoms with van der Waals surface area (Å²) in [7, 11) is -3.65. The van der Waals surface area contributed by atoms with Gasteiger partial charge >= 0.3 is 0 Å². The second-order valence-corrected chi connectivity index (χ2v) is 7.33. The lowest BCUT2D eigenvalue weighted by Crippen LogP contribution is -2.15. The van der Waals surface area contributed by atoms with Crippen molar-refractivity contribution in [1.82, 2.24) is 0 Å². The Morgan fingerprint density at radius 2 is 1.71 bits per heavy atom. The van der Waals surface area contributed by atoms with Gasteiger partial charge in [-0.1, -0.05) is 0 Å². The highest BCUT2D eigenvalue weighted by Crippen LogP contribution is 2.25. The van der Waals surface area contributed by atoms with E-state index >= 15 is 0 Å². The minimum absolute atomic E-state index is 0.217. The molecule has 112 valence electrons. The van der Waals surface area contributed by atoms with Crippen molar-refractivity contribution in [3.8, 4) is 0 Å². The molecule has 21 heavy (non-hydrogen) atoms. The van der Waals surface area contributed by atoms with Gasteiger partial charge in [-0.2, -0.15) is 0 Å². The summed E-state index contributed by atoms with van der Waals surface area (Å²) in [4.78, 5) is 1.29. The van der Waals surface area contributed by atoms with Crippen molar-refractivity contribution in [1.29, 1.82) is 0 Å². The zero-order valence-corrected chi connectivity index (χ0v) is 13.8. The summed E-state index contributed by atoms with van der Waals surface area (Å²) < 4.78 is 27.6. The van der Waals surface area contributed by atoms with E-state index in [1.165, 1.54) is 6.07 Å². The number of rotatable bonds is 4. The first-order valence-corrected chi connectivity index (χ1v) is 9.08. The van der Waals surface area contributed by atoms with Crippen LogP contribution in [0.4, 0.5) is 11.4 Å². The predicted molar refractivity (Wildman–Crippen MR) is 89.4 cm³/mol. The molecule has 0 bridgehead atoms. The number of nitrogen functional groups attached to an aromatic ring is 1. The quantitative estimate of drug-likeness (QED) is 0.668. The molecule has 6 heteroatoms. The molecule has 3 N–H and O–H groups in total. The molecule has 0 aliphatic carbocycles. The summed E-state index contributed by atoms with van der Waals surface area (Å²) in [6.07, 6.45) is 1.97. The zero-order chi connectivity index (χ0) is 15.6. The zero-order valence-electron chi connectivity index (χ0n) is 12.2. The number of thioether (sulfide) groups is 1. The third-order valence-corrected chi connectivity index (χ3v) is 5.52. The molecular weight excluding hydrogens is 304 g/mol. The second-order valence-electron chi connectivity index (χ2n) is 4.79. The maximum Gasteiger partial charge on any atom is 0.262 e. The Hall–Kier alpha value is -1.66. The average molecular weight is 322 g/mol. The normalized spacial score (nSPS) is 11.4. The summed E-state index contributed by atoms with van der Waals surface area (Å²) in [5.41, 5.74) is 8.30. The van der Waals surface area contributed by atoms with E-state index in [0.717, 1.165) is 10.5 Å². The molecule has 2 aromatic carbocycles. The van der Waals surface area contributed by atoms with Gasteiger partial charge in [0.05, 0.1) is 4.90 Å². The second kappa shape index (κ2) is 5.99. The van der Waals surface area contributed by atoms with Crippen LogP contribution in [0.25, 0.3) is 0 Å². The van der Waals surface area contributed by atoms with Crippen LogP contribution in [0.2, 0.25) is 0 Å². The molecule has 0 amide bonds. The minimum atomic E-state index is -3.65. The van der Waals surface area contributed by atoms with Crippen LogP contribution in [0, 0.1) is 13.8 Å². The van der Waals surface area contributed by atoms with Crippen molar-refractivity contribution < 1.29 is 8.42 Å². The Morgan fingerprint density at radius 1 is 1.10 bits per heavy atom. The Labute approximate surface area is 129 Å². The van der Waals surface area contributed by atoms with Crippen molar-refractivity contribution >= 4 is 33.2 Å². The van der Waals surface area contributed by atoms with Crippen LogP contribution in [0.1, 0.15) is 11.1 Å². The molecule has 0 aromatic heterocycles. The number of hydrogen-bond acceptors (Lipinski definition) is 4. The molecule has 0 saturated carbocycles. The minimum Gasteiger partial charge on any atom is -0.399 e. The summed E-state index contributed by atoms with van der Waals surface area (Å²) in [6, 6.07) is 10.5. The van der Waals surface area contributed by atoms with Crippen molar-refractivity contribution in [2.24, 2.45) is 0 Å². The summed E-state index contributed by atoms with van der Waals surface area (Å²) in [6.45, 7) is 3.62. The molecule has 0 atom stereocenters. The standard InChI is InChI=1S/C15H18N2O2S2/c1-10-8-12(16)9-15(11(10)2)21(18,19)17-13-4-6-14(20-3)7-5-13/h4-9,17H,16H2,1-3H3. The van der Waals surface area contributed by atoms with E-state index < -0.39 is 10.0 Å². The molecule has 0 aliphatic heterocycles. The first-order valence-electron chi connectivity index (χ1n) is 6.37. The van der Waals surface area contributed by atoms with Crippen LogP contribution in [0.3, 0.4) is 0 Å².